The van der Waals surface area contributed by atoms with Crippen molar-refractivity contribution in [1.82, 2.24) is 9.38 Å². The molecule has 2 aromatic rings. The van der Waals surface area contributed by atoms with Gasteiger partial charge in [0.25, 0.3) is 0 Å². The monoisotopic (exact) mass is 316 g/mol. The molecule has 0 atom stereocenters. The Morgan fingerprint density at radius 1 is 1.33 bits per heavy atom. The molecule has 0 amide bonds. The summed E-state index contributed by atoms with van der Waals surface area (Å²) >= 11 is 2.25. The highest BCUT2D eigenvalue weighted by Crippen LogP contribution is 2.20. The van der Waals surface area contributed by atoms with E-state index in [1.54, 1.807) is 0 Å². The van der Waals surface area contributed by atoms with Crippen molar-refractivity contribution in [2.75, 3.05) is 0 Å². The number of ether oxygens (including phenoxy) is 1. The molecule has 3 nitrogen and oxygen atoms in total. The minimum atomic E-state index is -0.167. The smallest absolute Gasteiger partial charge is 0.137 e. The molecular weight excluding hydrogens is 303 g/mol. The van der Waals surface area contributed by atoms with E-state index >= 15 is 0 Å². The standard InChI is InChI=1S/C11H13IN2O/c1-11(2,3)15-8-4-5-10-13-6-9(12)14(10)7-8/h4-7H,1-3H3. The number of nitrogens with zero attached hydrogens (tertiary/aromatic N) is 2. The van der Waals surface area contributed by atoms with Gasteiger partial charge in [0.15, 0.2) is 0 Å². The van der Waals surface area contributed by atoms with Gasteiger partial charge in [-0.05, 0) is 55.5 Å². The van der Waals surface area contributed by atoms with Crippen LogP contribution >= 0.6 is 22.6 Å². The molecule has 0 saturated heterocycles. The number of hydrogen-bond donors (Lipinski definition) is 0. The Balaban J connectivity index is 2.42. The summed E-state index contributed by atoms with van der Waals surface area (Å²) in [7, 11) is 0. The van der Waals surface area contributed by atoms with Crippen molar-refractivity contribution in [2.24, 2.45) is 0 Å². The Morgan fingerprint density at radius 2 is 2.07 bits per heavy atom. The topological polar surface area (TPSA) is 26.5 Å². The molecule has 0 N–H and O–H groups in total. The van der Waals surface area contributed by atoms with Crippen LogP contribution in [0.4, 0.5) is 0 Å². The summed E-state index contributed by atoms with van der Waals surface area (Å²) in [6.45, 7) is 6.11. The lowest BCUT2D eigenvalue weighted by Gasteiger charge is -2.21. The lowest BCUT2D eigenvalue weighted by atomic mass is 10.2. The van der Waals surface area contributed by atoms with Gasteiger partial charge in [-0.1, -0.05) is 0 Å². The predicted octanol–water partition coefficient (Wildman–Crippen LogP) is 3.12. The lowest BCUT2D eigenvalue weighted by Crippen LogP contribution is -2.23. The van der Waals surface area contributed by atoms with Gasteiger partial charge in [-0.3, -0.25) is 4.40 Å². The minimum absolute atomic E-state index is 0.167. The zero-order chi connectivity index (χ0) is 11.1. The van der Waals surface area contributed by atoms with Crippen LogP contribution in [0, 0.1) is 3.70 Å². The summed E-state index contributed by atoms with van der Waals surface area (Å²) in [6.07, 6.45) is 3.81. The van der Waals surface area contributed by atoms with Crippen LogP contribution in [-0.2, 0) is 0 Å². The van der Waals surface area contributed by atoms with Crippen molar-refractivity contribution in [3.8, 4) is 5.75 Å². The maximum atomic E-state index is 5.78. The molecular formula is C11H13IN2O. The Bertz CT molecular complexity index is 485. The highest BCUT2D eigenvalue weighted by molar-refractivity contribution is 14.1. The molecule has 2 aromatic heterocycles. The molecule has 2 rings (SSSR count). The highest BCUT2D eigenvalue weighted by atomic mass is 127. The van der Waals surface area contributed by atoms with Gasteiger partial charge in [0.1, 0.15) is 20.7 Å². The SMILES string of the molecule is CC(C)(C)Oc1ccc2ncc(I)n2c1. The van der Waals surface area contributed by atoms with E-state index in [-0.39, 0.29) is 5.60 Å². The van der Waals surface area contributed by atoms with E-state index in [1.807, 2.05) is 49.7 Å². The first kappa shape index (κ1) is 10.7. The van der Waals surface area contributed by atoms with Gasteiger partial charge in [-0.25, -0.2) is 4.98 Å². The van der Waals surface area contributed by atoms with E-state index in [0.29, 0.717) is 0 Å². The molecule has 0 aliphatic heterocycles. The normalized spacial score (nSPS) is 12.0. The van der Waals surface area contributed by atoms with E-state index in [1.165, 1.54) is 0 Å². The van der Waals surface area contributed by atoms with Crippen LogP contribution in [0.2, 0.25) is 0 Å². The fraction of sp³-hybridized carbons (Fsp3) is 0.364. The van der Waals surface area contributed by atoms with Crippen molar-refractivity contribution in [2.45, 2.75) is 26.4 Å². The van der Waals surface area contributed by atoms with Gasteiger partial charge in [0, 0.05) is 0 Å². The third-order valence-corrected chi connectivity index (χ3v) is 2.66. The summed E-state index contributed by atoms with van der Waals surface area (Å²) in [6, 6.07) is 3.91. The second kappa shape index (κ2) is 3.66. The third-order valence-electron chi connectivity index (χ3n) is 1.86. The van der Waals surface area contributed by atoms with Crippen molar-refractivity contribution >= 4 is 28.2 Å². The summed E-state index contributed by atoms with van der Waals surface area (Å²) in [5, 5.41) is 0. The van der Waals surface area contributed by atoms with Gasteiger partial charge in [-0.15, -0.1) is 0 Å². The zero-order valence-corrected chi connectivity index (χ0v) is 11.1. The molecule has 0 fully saturated rings. The number of pyridine rings is 1. The fourth-order valence-corrected chi connectivity index (χ4v) is 1.87. The second-order valence-corrected chi connectivity index (χ2v) is 5.49. The van der Waals surface area contributed by atoms with Gasteiger partial charge >= 0.3 is 0 Å². The molecule has 0 radical (unpaired) electrons. The molecule has 0 unspecified atom stereocenters. The van der Waals surface area contributed by atoms with Gasteiger partial charge < -0.3 is 4.74 Å². The van der Waals surface area contributed by atoms with Crippen LogP contribution in [0.1, 0.15) is 20.8 Å². The Labute approximate surface area is 103 Å². The fourth-order valence-electron chi connectivity index (χ4n) is 1.35. The molecule has 15 heavy (non-hydrogen) atoms. The number of halogens is 1. The van der Waals surface area contributed by atoms with Crippen LogP contribution in [0.5, 0.6) is 5.75 Å². The molecule has 0 bridgehead atoms. The van der Waals surface area contributed by atoms with Gasteiger partial charge in [0.05, 0.1) is 12.4 Å². The predicted molar refractivity (Wildman–Crippen MR) is 68.3 cm³/mol. The molecule has 0 saturated carbocycles. The number of aromatic nitrogens is 2. The molecule has 0 aliphatic rings. The number of imidazole rings is 1. The first-order valence-electron chi connectivity index (χ1n) is 4.77. The van der Waals surface area contributed by atoms with Crippen LogP contribution in [0.25, 0.3) is 5.65 Å². The molecule has 4 heteroatoms. The average Bonchev–Trinajstić information content (AvgIpc) is 2.45. The molecule has 0 spiro atoms. The van der Waals surface area contributed by atoms with Crippen molar-refractivity contribution in [3.05, 3.63) is 28.2 Å². The van der Waals surface area contributed by atoms with Crippen LogP contribution in [-0.4, -0.2) is 15.0 Å². The first-order chi connectivity index (χ1) is 6.96. The summed E-state index contributed by atoms with van der Waals surface area (Å²) in [5.74, 6) is 0.867. The third kappa shape index (κ3) is 2.42. The van der Waals surface area contributed by atoms with Crippen molar-refractivity contribution in [1.29, 1.82) is 0 Å². The summed E-state index contributed by atoms with van der Waals surface area (Å²) in [5.41, 5.74) is 0.778. The number of hydrogen-bond acceptors (Lipinski definition) is 2. The van der Waals surface area contributed by atoms with Gasteiger partial charge in [0.2, 0.25) is 0 Å². The molecule has 80 valence electrons. The van der Waals surface area contributed by atoms with Crippen LogP contribution in [0.15, 0.2) is 24.5 Å². The lowest BCUT2D eigenvalue weighted by molar-refractivity contribution is 0.130. The quantitative estimate of drug-likeness (QED) is 0.756. The van der Waals surface area contributed by atoms with Crippen LogP contribution < -0.4 is 4.74 Å². The summed E-state index contributed by atoms with van der Waals surface area (Å²) in [4.78, 5) is 4.26. The minimum Gasteiger partial charge on any atom is -0.487 e. The maximum absolute atomic E-state index is 5.78. The molecule has 2 heterocycles. The molecule has 0 aromatic carbocycles. The largest absolute Gasteiger partial charge is 0.487 e. The Kier molecular flexibility index (Phi) is 2.62. The molecule has 0 aliphatic carbocycles. The first-order valence-corrected chi connectivity index (χ1v) is 5.85. The van der Waals surface area contributed by atoms with Crippen LogP contribution in [0.3, 0.4) is 0 Å². The van der Waals surface area contributed by atoms with Gasteiger partial charge in [-0.2, -0.15) is 0 Å². The Morgan fingerprint density at radius 3 is 2.73 bits per heavy atom. The van der Waals surface area contributed by atoms with E-state index in [2.05, 4.69) is 27.6 Å². The van der Waals surface area contributed by atoms with E-state index in [9.17, 15) is 0 Å². The van der Waals surface area contributed by atoms with E-state index in [0.717, 1.165) is 15.1 Å². The average molecular weight is 316 g/mol. The van der Waals surface area contributed by atoms with Crippen molar-refractivity contribution < 1.29 is 4.74 Å². The summed E-state index contributed by atoms with van der Waals surface area (Å²) < 4.78 is 8.88. The Hall–Kier alpha value is -0.780. The second-order valence-electron chi connectivity index (χ2n) is 4.39. The zero-order valence-electron chi connectivity index (χ0n) is 8.99. The maximum Gasteiger partial charge on any atom is 0.137 e. The highest BCUT2D eigenvalue weighted by Gasteiger charge is 2.12. The number of fused-ring (bicyclic) bond motifs is 1. The van der Waals surface area contributed by atoms with E-state index < -0.39 is 0 Å². The van der Waals surface area contributed by atoms with Crippen molar-refractivity contribution in [3.63, 3.8) is 0 Å². The van der Waals surface area contributed by atoms with E-state index in [4.69, 9.17) is 4.74 Å². The number of rotatable bonds is 1.